The van der Waals surface area contributed by atoms with Crippen molar-refractivity contribution in [2.24, 2.45) is 10.7 Å². The van der Waals surface area contributed by atoms with Crippen LogP contribution in [0.4, 0.5) is 20.4 Å². The number of likely N-dealkylation sites (N-methyl/N-ethyl adjacent to an activating group) is 1. The van der Waals surface area contributed by atoms with Gasteiger partial charge in [0, 0.05) is 54.8 Å². The van der Waals surface area contributed by atoms with Crippen LogP contribution in [-0.2, 0) is 0 Å². The van der Waals surface area contributed by atoms with Gasteiger partial charge in [0.05, 0.1) is 17.9 Å². The zero-order valence-electron chi connectivity index (χ0n) is 20.0. The number of piperidine rings is 1. The summed E-state index contributed by atoms with van der Waals surface area (Å²) < 4.78 is 27.0. The Hall–Kier alpha value is -3.79. The van der Waals surface area contributed by atoms with Crippen molar-refractivity contribution in [2.75, 3.05) is 25.0 Å². The van der Waals surface area contributed by atoms with Gasteiger partial charge in [-0.15, -0.1) is 0 Å². The minimum Gasteiger partial charge on any atom is -0.402 e. The van der Waals surface area contributed by atoms with E-state index in [1.807, 2.05) is 13.2 Å². The fourth-order valence-corrected chi connectivity index (χ4v) is 4.53. The summed E-state index contributed by atoms with van der Waals surface area (Å²) in [4.78, 5) is 24.9. The molecule has 1 aliphatic carbocycles. The highest BCUT2D eigenvalue weighted by Gasteiger charge is 2.30. The number of nitrogens with two attached hydrogens (primary N) is 1. The highest BCUT2D eigenvalue weighted by Crippen LogP contribution is 2.45. The van der Waals surface area contributed by atoms with Crippen molar-refractivity contribution < 1.29 is 8.78 Å². The van der Waals surface area contributed by atoms with Crippen molar-refractivity contribution in [1.29, 1.82) is 0 Å². The molecule has 0 aromatic carbocycles. The maximum atomic E-state index is 13.9. The van der Waals surface area contributed by atoms with Gasteiger partial charge in [0.15, 0.2) is 11.6 Å². The zero-order valence-corrected chi connectivity index (χ0v) is 20.0. The van der Waals surface area contributed by atoms with E-state index in [1.54, 1.807) is 24.5 Å². The molecule has 36 heavy (non-hydrogen) atoms. The van der Waals surface area contributed by atoms with Gasteiger partial charge in [-0.2, -0.15) is 0 Å². The van der Waals surface area contributed by atoms with Gasteiger partial charge < -0.3 is 16.0 Å². The number of aromatic nitrogens is 4. The average Bonchev–Trinajstić information content (AvgIpc) is 3.76. The summed E-state index contributed by atoms with van der Waals surface area (Å²) in [6.07, 6.45) is 12.0. The molecule has 3 aromatic rings. The lowest BCUT2D eigenvalue weighted by atomic mass is 10.0. The number of hydrogen-bond donors (Lipinski definition) is 2. The summed E-state index contributed by atoms with van der Waals surface area (Å²) in [5.41, 5.74) is 7.73. The van der Waals surface area contributed by atoms with E-state index in [0.717, 1.165) is 61.7 Å². The van der Waals surface area contributed by atoms with Crippen LogP contribution in [0.25, 0.3) is 22.3 Å². The molecule has 4 heterocycles. The molecule has 1 atom stereocenters. The molecule has 3 aromatic heterocycles. The van der Waals surface area contributed by atoms with Gasteiger partial charge in [0.25, 0.3) is 0 Å². The monoisotopic (exact) mass is 490 g/mol. The topological polar surface area (TPSA) is 105 Å². The van der Waals surface area contributed by atoms with Gasteiger partial charge in [0.1, 0.15) is 17.5 Å². The van der Waals surface area contributed by atoms with Gasteiger partial charge >= 0.3 is 0 Å². The number of rotatable bonds is 7. The standard InChI is InChI=1S/C26H28F2N8/c1-30-20-3-2-8-36(15-20)26-24-21(16-4-5-16)13-31-14-22(24)34-25(35-26)17-6-7-32-23(9-17)33-12-19(28)10-18(27)11-29/h6-7,9-14,16,20,30H,2-5,8,15,29H2,1H3/t20-/m1/s1. The Labute approximate surface area is 208 Å². The van der Waals surface area contributed by atoms with Crippen molar-refractivity contribution in [3.8, 4) is 11.4 Å². The lowest BCUT2D eigenvalue weighted by Crippen LogP contribution is -2.45. The van der Waals surface area contributed by atoms with Crippen molar-refractivity contribution in [3.63, 3.8) is 0 Å². The number of allylic oxidation sites excluding steroid dienone is 3. The van der Waals surface area contributed by atoms with E-state index in [-0.39, 0.29) is 5.82 Å². The molecule has 0 spiro atoms. The summed E-state index contributed by atoms with van der Waals surface area (Å²) in [5.74, 6) is 0.410. The minimum absolute atomic E-state index is 0.247. The van der Waals surface area contributed by atoms with Gasteiger partial charge in [-0.3, -0.25) is 4.98 Å². The summed E-state index contributed by atoms with van der Waals surface area (Å²) in [6.45, 7) is 1.78. The maximum Gasteiger partial charge on any atom is 0.162 e. The Morgan fingerprint density at radius 1 is 1.19 bits per heavy atom. The molecule has 1 saturated carbocycles. The number of hydrogen-bond acceptors (Lipinski definition) is 8. The predicted octanol–water partition coefficient (Wildman–Crippen LogP) is 4.48. The van der Waals surface area contributed by atoms with Gasteiger partial charge in [0.2, 0.25) is 0 Å². The fourth-order valence-electron chi connectivity index (χ4n) is 4.53. The molecule has 0 unspecified atom stereocenters. The molecule has 8 nitrogen and oxygen atoms in total. The number of pyridine rings is 2. The Morgan fingerprint density at radius 3 is 2.83 bits per heavy atom. The largest absolute Gasteiger partial charge is 0.402 e. The molecule has 10 heteroatoms. The molecule has 0 amide bonds. The second-order valence-electron chi connectivity index (χ2n) is 9.08. The molecule has 5 rings (SSSR count). The van der Waals surface area contributed by atoms with Crippen LogP contribution in [0, 0.1) is 0 Å². The van der Waals surface area contributed by atoms with Crippen LogP contribution in [0.3, 0.4) is 0 Å². The van der Waals surface area contributed by atoms with E-state index in [9.17, 15) is 8.78 Å². The first-order valence-corrected chi connectivity index (χ1v) is 12.1. The van der Waals surface area contributed by atoms with Crippen LogP contribution in [0.15, 0.2) is 59.6 Å². The summed E-state index contributed by atoms with van der Waals surface area (Å²) in [7, 11) is 2.00. The smallest absolute Gasteiger partial charge is 0.162 e. The van der Waals surface area contributed by atoms with Crippen LogP contribution in [0.5, 0.6) is 0 Å². The van der Waals surface area contributed by atoms with Gasteiger partial charge in [-0.25, -0.2) is 28.7 Å². The Balaban J connectivity index is 1.56. The number of nitrogens with zero attached hydrogens (tertiary/aromatic N) is 6. The minimum atomic E-state index is -0.893. The first-order valence-electron chi connectivity index (χ1n) is 12.1. The van der Waals surface area contributed by atoms with Crippen molar-refractivity contribution in [2.45, 2.75) is 37.6 Å². The second-order valence-corrected chi connectivity index (χ2v) is 9.08. The molecule has 2 fully saturated rings. The van der Waals surface area contributed by atoms with Gasteiger partial charge in [-0.1, -0.05) is 0 Å². The number of fused-ring (bicyclic) bond motifs is 1. The van der Waals surface area contributed by atoms with E-state index >= 15 is 0 Å². The molecular weight excluding hydrogens is 462 g/mol. The maximum absolute atomic E-state index is 13.9. The van der Waals surface area contributed by atoms with Crippen LogP contribution < -0.4 is 16.0 Å². The van der Waals surface area contributed by atoms with Crippen molar-refractivity contribution in [1.82, 2.24) is 25.3 Å². The lowest BCUT2D eigenvalue weighted by molar-refractivity contribution is 0.448. The summed E-state index contributed by atoms with van der Waals surface area (Å²) in [5, 5.41) is 4.47. The Kier molecular flexibility index (Phi) is 6.95. The molecule has 3 N–H and O–H groups in total. The van der Waals surface area contributed by atoms with Crippen LogP contribution in [-0.4, -0.2) is 52.3 Å². The third-order valence-corrected chi connectivity index (χ3v) is 6.52. The van der Waals surface area contributed by atoms with Crippen molar-refractivity contribution >= 4 is 28.8 Å². The molecule has 1 aliphatic heterocycles. The highest BCUT2D eigenvalue weighted by molar-refractivity contribution is 5.94. The van der Waals surface area contributed by atoms with E-state index in [0.29, 0.717) is 35.6 Å². The molecule has 186 valence electrons. The quantitative estimate of drug-likeness (QED) is 0.372. The van der Waals surface area contributed by atoms with Gasteiger partial charge in [-0.05, 0) is 56.3 Å². The number of nitrogens with one attached hydrogen (secondary N) is 1. The molecule has 2 aliphatic rings. The molecule has 0 radical (unpaired) electrons. The molecular formula is C26H28F2N8. The SMILES string of the molecule is CN[C@@H]1CCCN(c2nc(-c3ccnc(N=CC(F)=CC(F)=CN)c3)nc3cncc(C4CC4)c23)C1. The van der Waals surface area contributed by atoms with E-state index in [1.165, 1.54) is 5.56 Å². The number of aliphatic imine (C=N–C) groups is 1. The number of halogens is 2. The number of anilines is 1. The third kappa shape index (κ3) is 5.23. The lowest BCUT2D eigenvalue weighted by Gasteiger charge is -2.34. The normalized spacial score (nSPS) is 19.4. The van der Waals surface area contributed by atoms with Crippen LogP contribution in [0.2, 0.25) is 0 Å². The van der Waals surface area contributed by atoms with Crippen molar-refractivity contribution in [3.05, 3.63) is 60.2 Å². The van der Waals surface area contributed by atoms with Crippen LogP contribution >= 0.6 is 0 Å². The van der Waals surface area contributed by atoms with E-state index in [2.05, 4.69) is 25.2 Å². The average molecular weight is 491 g/mol. The van der Waals surface area contributed by atoms with E-state index < -0.39 is 11.7 Å². The zero-order chi connectivity index (χ0) is 25.1. The molecule has 1 saturated heterocycles. The Bertz CT molecular complexity index is 1350. The summed E-state index contributed by atoms with van der Waals surface area (Å²) >= 11 is 0. The Morgan fingerprint density at radius 2 is 2.06 bits per heavy atom. The van der Waals surface area contributed by atoms with E-state index in [4.69, 9.17) is 15.7 Å². The fraction of sp³-hybridized carbons (Fsp3) is 0.346. The first kappa shape index (κ1) is 23.9. The summed E-state index contributed by atoms with van der Waals surface area (Å²) in [6, 6.07) is 3.86. The first-order chi connectivity index (χ1) is 17.6. The highest BCUT2D eigenvalue weighted by atomic mass is 19.1. The third-order valence-electron chi connectivity index (χ3n) is 6.52. The van der Waals surface area contributed by atoms with Crippen LogP contribution in [0.1, 0.15) is 37.2 Å². The second kappa shape index (κ2) is 10.4. The molecule has 0 bridgehead atoms. The predicted molar refractivity (Wildman–Crippen MR) is 138 cm³/mol.